The Morgan fingerprint density at radius 3 is 2.16 bits per heavy atom. The van der Waals surface area contributed by atoms with Crippen LogP contribution >= 0.6 is 0 Å². The summed E-state index contributed by atoms with van der Waals surface area (Å²) in [5.41, 5.74) is 11.0. The van der Waals surface area contributed by atoms with Crippen molar-refractivity contribution in [1.29, 1.82) is 0 Å². The van der Waals surface area contributed by atoms with E-state index in [1.165, 1.54) is 0 Å². The summed E-state index contributed by atoms with van der Waals surface area (Å²) < 4.78 is 0. The van der Waals surface area contributed by atoms with Gasteiger partial charge in [-0.3, -0.25) is 9.59 Å². The van der Waals surface area contributed by atoms with E-state index in [1.807, 2.05) is 13.8 Å². The first-order valence-electron chi connectivity index (χ1n) is 9.50. The second-order valence-corrected chi connectivity index (χ2v) is 5.97. The molecule has 0 saturated heterocycles. The summed E-state index contributed by atoms with van der Waals surface area (Å²) in [7, 11) is 0. The molecule has 0 aliphatic heterocycles. The van der Waals surface area contributed by atoms with Gasteiger partial charge < -0.3 is 32.3 Å². The van der Waals surface area contributed by atoms with Gasteiger partial charge in [-0.2, -0.15) is 0 Å². The molecule has 1 atom stereocenters. The number of likely N-dealkylation sites (N-methyl/N-ethyl adjacent to an activating group) is 1. The minimum Gasteiger partial charge on any atom is -0.346 e. The molecule has 0 aliphatic carbocycles. The average molecular weight is 359 g/mol. The van der Waals surface area contributed by atoms with E-state index >= 15 is 0 Å². The van der Waals surface area contributed by atoms with E-state index < -0.39 is 0 Å². The highest BCUT2D eigenvalue weighted by atomic mass is 16.2. The van der Waals surface area contributed by atoms with E-state index in [0.717, 1.165) is 32.4 Å². The number of nitrogens with two attached hydrogens (primary N) is 2. The highest BCUT2D eigenvalue weighted by Gasteiger charge is 2.19. The molecule has 0 aromatic carbocycles. The van der Waals surface area contributed by atoms with Crippen molar-refractivity contribution in [3.63, 3.8) is 0 Å². The van der Waals surface area contributed by atoms with Crippen molar-refractivity contribution < 1.29 is 9.59 Å². The monoisotopic (exact) mass is 358 g/mol. The van der Waals surface area contributed by atoms with Crippen LogP contribution in [0.3, 0.4) is 0 Å². The second-order valence-electron chi connectivity index (χ2n) is 5.97. The van der Waals surface area contributed by atoms with Crippen molar-refractivity contribution in [1.82, 2.24) is 20.9 Å². The average Bonchev–Trinajstić information content (AvgIpc) is 2.62. The van der Waals surface area contributed by atoms with Gasteiger partial charge in [0.2, 0.25) is 11.8 Å². The number of rotatable bonds is 16. The Morgan fingerprint density at radius 2 is 1.56 bits per heavy atom. The van der Waals surface area contributed by atoms with Gasteiger partial charge >= 0.3 is 0 Å². The Morgan fingerprint density at radius 1 is 0.960 bits per heavy atom. The summed E-state index contributed by atoms with van der Waals surface area (Å²) in [6.45, 7) is 8.91. The standard InChI is InChI=1S/C17H38N6O2/c1-3-23(4-2)16(24)14-22-17(25)15(21-13-7-10-19)8-5-11-20-12-6-9-18/h15,20-21H,3-14,18-19H2,1-2H3,(H,22,25). The molecule has 25 heavy (non-hydrogen) atoms. The predicted octanol–water partition coefficient (Wildman–Crippen LogP) is -1.00. The third-order valence-electron chi connectivity index (χ3n) is 4.02. The van der Waals surface area contributed by atoms with Crippen molar-refractivity contribution in [2.24, 2.45) is 11.5 Å². The van der Waals surface area contributed by atoms with Crippen LogP contribution in [0.25, 0.3) is 0 Å². The SMILES string of the molecule is CCN(CC)C(=O)CNC(=O)C(CCCNCCCN)NCCCN. The number of nitrogens with one attached hydrogen (secondary N) is 3. The third-order valence-corrected chi connectivity index (χ3v) is 4.02. The molecule has 0 radical (unpaired) electrons. The van der Waals surface area contributed by atoms with Crippen LogP contribution in [0.5, 0.6) is 0 Å². The highest BCUT2D eigenvalue weighted by molar-refractivity contribution is 5.87. The van der Waals surface area contributed by atoms with Crippen LogP contribution < -0.4 is 27.4 Å². The lowest BCUT2D eigenvalue weighted by Crippen LogP contribution is -2.48. The molecule has 0 rings (SSSR count). The van der Waals surface area contributed by atoms with Gasteiger partial charge in [-0.15, -0.1) is 0 Å². The first kappa shape index (κ1) is 23.8. The Hall–Kier alpha value is -1.22. The van der Waals surface area contributed by atoms with Crippen molar-refractivity contribution in [2.75, 3.05) is 52.4 Å². The summed E-state index contributed by atoms with van der Waals surface area (Å²) in [5.74, 6) is -0.179. The van der Waals surface area contributed by atoms with Gasteiger partial charge in [0.1, 0.15) is 0 Å². The van der Waals surface area contributed by atoms with Crippen LogP contribution in [0.4, 0.5) is 0 Å². The molecular formula is C17H38N6O2. The molecule has 0 aliphatic rings. The number of amides is 2. The topological polar surface area (TPSA) is 126 Å². The summed E-state index contributed by atoms with van der Waals surface area (Å²) in [5, 5.41) is 9.31. The summed E-state index contributed by atoms with van der Waals surface area (Å²) >= 11 is 0. The molecule has 0 aromatic heterocycles. The Bertz CT molecular complexity index is 350. The Balaban J connectivity index is 4.28. The van der Waals surface area contributed by atoms with Crippen LogP contribution in [-0.4, -0.2) is 75.1 Å². The lowest BCUT2D eigenvalue weighted by atomic mass is 10.1. The zero-order valence-electron chi connectivity index (χ0n) is 16.0. The first-order valence-corrected chi connectivity index (χ1v) is 9.50. The molecule has 148 valence electrons. The van der Waals surface area contributed by atoms with Gasteiger partial charge in [-0.25, -0.2) is 0 Å². The Kier molecular flexibility index (Phi) is 15.5. The zero-order chi connectivity index (χ0) is 18.9. The second kappa shape index (κ2) is 16.3. The van der Waals surface area contributed by atoms with Crippen molar-refractivity contribution in [2.45, 2.75) is 45.6 Å². The molecule has 8 nitrogen and oxygen atoms in total. The number of hydrogen-bond donors (Lipinski definition) is 5. The third kappa shape index (κ3) is 11.9. The molecule has 8 heteroatoms. The van der Waals surface area contributed by atoms with Gasteiger partial charge in [0.25, 0.3) is 0 Å². The fourth-order valence-electron chi connectivity index (χ4n) is 2.46. The van der Waals surface area contributed by atoms with E-state index in [2.05, 4.69) is 16.0 Å². The van der Waals surface area contributed by atoms with Gasteiger partial charge in [-0.1, -0.05) is 0 Å². The normalized spacial score (nSPS) is 12.0. The summed E-state index contributed by atoms with van der Waals surface area (Å²) in [6, 6.07) is -0.299. The fourth-order valence-corrected chi connectivity index (χ4v) is 2.46. The van der Waals surface area contributed by atoms with E-state index in [1.54, 1.807) is 4.90 Å². The van der Waals surface area contributed by atoms with Crippen LogP contribution in [-0.2, 0) is 9.59 Å². The quantitative estimate of drug-likeness (QED) is 0.225. The summed E-state index contributed by atoms with van der Waals surface area (Å²) in [4.78, 5) is 26.1. The molecule has 7 N–H and O–H groups in total. The van der Waals surface area contributed by atoms with Gasteiger partial charge in [-0.05, 0) is 72.3 Å². The number of carbonyl (C=O) groups excluding carboxylic acids is 2. The van der Waals surface area contributed by atoms with Crippen molar-refractivity contribution >= 4 is 11.8 Å². The molecule has 0 aromatic rings. The first-order chi connectivity index (χ1) is 12.1. The fraction of sp³-hybridized carbons (Fsp3) is 0.882. The largest absolute Gasteiger partial charge is 0.346 e. The molecule has 1 unspecified atom stereocenters. The maximum Gasteiger partial charge on any atom is 0.241 e. The molecular weight excluding hydrogens is 320 g/mol. The van der Waals surface area contributed by atoms with E-state index in [0.29, 0.717) is 39.1 Å². The van der Waals surface area contributed by atoms with Crippen molar-refractivity contribution in [3.8, 4) is 0 Å². The van der Waals surface area contributed by atoms with Crippen LogP contribution in [0.2, 0.25) is 0 Å². The maximum atomic E-state index is 12.4. The molecule has 0 heterocycles. The van der Waals surface area contributed by atoms with Crippen LogP contribution in [0.15, 0.2) is 0 Å². The minimum absolute atomic E-state index is 0.0460. The number of hydrogen-bond acceptors (Lipinski definition) is 6. The van der Waals surface area contributed by atoms with Gasteiger partial charge in [0, 0.05) is 13.1 Å². The molecule has 2 amide bonds. The highest BCUT2D eigenvalue weighted by Crippen LogP contribution is 1.98. The van der Waals surface area contributed by atoms with E-state index in [4.69, 9.17) is 11.5 Å². The lowest BCUT2D eigenvalue weighted by molar-refractivity contribution is -0.133. The number of nitrogens with zero attached hydrogens (tertiary/aromatic N) is 1. The molecule has 0 spiro atoms. The minimum atomic E-state index is -0.299. The smallest absolute Gasteiger partial charge is 0.241 e. The maximum absolute atomic E-state index is 12.4. The van der Waals surface area contributed by atoms with E-state index in [9.17, 15) is 9.59 Å². The van der Waals surface area contributed by atoms with E-state index in [-0.39, 0.29) is 24.4 Å². The Labute approximate surface area is 152 Å². The van der Waals surface area contributed by atoms with Crippen LogP contribution in [0.1, 0.15) is 39.5 Å². The van der Waals surface area contributed by atoms with Gasteiger partial charge in [0.05, 0.1) is 12.6 Å². The predicted molar refractivity (Wildman–Crippen MR) is 102 cm³/mol. The molecule has 0 fully saturated rings. The lowest BCUT2D eigenvalue weighted by Gasteiger charge is -2.21. The van der Waals surface area contributed by atoms with Crippen molar-refractivity contribution in [3.05, 3.63) is 0 Å². The van der Waals surface area contributed by atoms with Gasteiger partial charge in [0.15, 0.2) is 0 Å². The summed E-state index contributed by atoms with van der Waals surface area (Å²) in [6.07, 6.45) is 3.36. The molecule has 0 bridgehead atoms. The van der Waals surface area contributed by atoms with Crippen LogP contribution in [0, 0.1) is 0 Å². The zero-order valence-corrected chi connectivity index (χ0v) is 16.0. The molecule has 0 saturated carbocycles. The number of carbonyl (C=O) groups is 2.